The van der Waals surface area contributed by atoms with Crippen LogP contribution in [-0.4, -0.2) is 32.1 Å². The van der Waals surface area contributed by atoms with E-state index in [9.17, 15) is 13.2 Å². The van der Waals surface area contributed by atoms with Crippen LogP contribution in [-0.2, 0) is 9.47 Å². The number of halogens is 3. The quantitative estimate of drug-likeness (QED) is 0.527. The molecule has 1 saturated heterocycles. The average molecular weight is 212 g/mol. The van der Waals surface area contributed by atoms with Crippen LogP contribution in [0.3, 0.4) is 0 Å². The fourth-order valence-corrected chi connectivity index (χ4v) is 0.481. The molecule has 5 heteroatoms. The fourth-order valence-electron chi connectivity index (χ4n) is 0.481. The van der Waals surface area contributed by atoms with Gasteiger partial charge in [0.25, 0.3) is 0 Å². The number of hydrogen-bond acceptors (Lipinski definition) is 2. The highest BCUT2D eigenvalue weighted by molar-refractivity contribution is 4.66. The zero-order valence-electron chi connectivity index (χ0n) is 7.98. The number of hydrogen-bond donors (Lipinski definition) is 0. The van der Waals surface area contributed by atoms with E-state index in [1.165, 1.54) is 0 Å². The molecule has 0 aromatic rings. The molecule has 0 bridgehead atoms. The summed E-state index contributed by atoms with van der Waals surface area (Å²) < 4.78 is 42.2. The first-order chi connectivity index (χ1) is 6.49. The van der Waals surface area contributed by atoms with Crippen LogP contribution >= 0.6 is 0 Å². The summed E-state index contributed by atoms with van der Waals surface area (Å²) in [6, 6.07) is 0. The predicted octanol–water partition coefficient (Wildman–Crippen LogP) is 2.40. The maximum Gasteiger partial charge on any atom is 0.389 e. The summed E-state index contributed by atoms with van der Waals surface area (Å²) in [5, 5.41) is 0. The molecule has 14 heavy (non-hydrogen) atoms. The van der Waals surface area contributed by atoms with E-state index >= 15 is 0 Å². The van der Waals surface area contributed by atoms with Crippen molar-refractivity contribution in [3.63, 3.8) is 0 Å². The van der Waals surface area contributed by atoms with Gasteiger partial charge in [0.2, 0.25) is 0 Å². The fraction of sp³-hybridized carbons (Fsp3) is 0.778. The van der Waals surface area contributed by atoms with E-state index in [1.54, 1.807) is 0 Å². The SMILES string of the molecule is [CH2]CC(F)(F)F.[CH2]CCOCC1CO1. The average Bonchev–Trinajstić information content (AvgIpc) is 2.89. The predicted molar refractivity (Wildman–Crippen MR) is 46.6 cm³/mol. The van der Waals surface area contributed by atoms with Crippen LogP contribution in [0.1, 0.15) is 12.8 Å². The maximum absolute atomic E-state index is 10.7. The topological polar surface area (TPSA) is 21.8 Å². The molecule has 1 aliphatic rings. The molecule has 0 aromatic heterocycles. The lowest BCUT2D eigenvalue weighted by Crippen LogP contribution is -2.02. The van der Waals surface area contributed by atoms with Crippen LogP contribution in [0.5, 0.6) is 0 Å². The maximum atomic E-state index is 10.7. The molecule has 1 aliphatic heterocycles. The van der Waals surface area contributed by atoms with Crippen molar-refractivity contribution in [2.75, 3.05) is 19.8 Å². The first-order valence-electron chi connectivity index (χ1n) is 4.34. The highest BCUT2D eigenvalue weighted by Crippen LogP contribution is 2.17. The summed E-state index contributed by atoms with van der Waals surface area (Å²) in [7, 11) is 0. The molecule has 0 amide bonds. The lowest BCUT2D eigenvalue weighted by molar-refractivity contribution is -0.125. The first kappa shape index (κ1) is 13.7. The Morgan fingerprint density at radius 1 is 1.36 bits per heavy atom. The van der Waals surface area contributed by atoms with E-state index in [2.05, 4.69) is 13.8 Å². The van der Waals surface area contributed by atoms with Crippen molar-refractivity contribution in [1.29, 1.82) is 0 Å². The molecule has 0 N–H and O–H groups in total. The number of alkyl halides is 3. The number of epoxide rings is 1. The third kappa shape index (κ3) is 11.7. The van der Waals surface area contributed by atoms with E-state index in [1.807, 2.05) is 0 Å². The summed E-state index contributed by atoms with van der Waals surface area (Å²) in [5.74, 6) is 0. The van der Waals surface area contributed by atoms with Gasteiger partial charge in [-0.3, -0.25) is 0 Å². The molecule has 0 spiro atoms. The van der Waals surface area contributed by atoms with Crippen LogP contribution in [0.4, 0.5) is 13.2 Å². The minimum Gasteiger partial charge on any atom is -0.379 e. The summed E-state index contributed by atoms with van der Waals surface area (Å²) in [5.41, 5.74) is 0. The van der Waals surface area contributed by atoms with Gasteiger partial charge in [0, 0.05) is 13.0 Å². The normalized spacial score (nSPS) is 19.9. The zero-order chi connectivity index (χ0) is 11.0. The van der Waals surface area contributed by atoms with Gasteiger partial charge in [0.1, 0.15) is 6.10 Å². The highest BCUT2D eigenvalue weighted by Gasteiger charge is 2.22. The van der Waals surface area contributed by atoms with E-state index in [4.69, 9.17) is 9.47 Å². The molecule has 1 fully saturated rings. The lowest BCUT2D eigenvalue weighted by Gasteiger charge is -1.96. The van der Waals surface area contributed by atoms with Gasteiger partial charge in [-0.05, 0) is 13.3 Å². The second-order valence-electron chi connectivity index (χ2n) is 2.75. The van der Waals surface area contributed by atoms with Crippen LogP contribution in [0.2, 0.25) is 0 Å². The molecule has 2 radical (unpaired) electrons. The van der Waals surface area contributed by atoms with Gasteiger partial charge in [-0.2, -0.15) is 13.2 Å². The second-order valence-corrected chi connectivity index (χ2v) is 2.75. The lowest BCUT2D eigenvalue weighted by atomic mass is 10.5. The van der Waals surface area contributed by atoms with Gasteiger partial charge in [-0.1, -0.05) is 6.92 Å². The van der Waals surface area contributed by atoms with Crippen molar-refractivity contribution in [2.24, 2.45) is 0 Å². The van der Waals surface area contributed by atoms with Gasteiger partial charge >= 0.3 is 6.18 Å². The van der Waals surface area contributed by atoms with Crippen LogP contribution in [0.25, 0.3) is 0 Å². The monoisotopic (exact) mass is 212 g/mol. The molecule has 84 valence electrons. The molecule has 1 atom stereocenters. The summed E-state index contributed by atoms with van der Waals surface area (Å²) in [6.45, 7) is 8.68. The summed E-state index contributed by atoms with van der Waals surface area (Å²) in [4.78, 5) is 0. The van der Waals surface area contributed by atoms with E-state index < -0.39 is 12.6 Å². The van der Waals surface area contributed by atoms with Crippen LogP contribution in [0.15, 0.2) is 0 Å². The van der Waals surface area contributed by atoms with Crippen molar-refractivity contribution in [3.05, 3.63) is 13.8 Å². The standard InChI is InChI=1S/C6H11O2.C3H4F3/c1-2-3-7-4-6-5-8-6;1-2-3(4,5)6/h6H,1-5H2;1-2H2. The van der Waals surface area contributed by atoms with Crippen molar-refractivity contribution < 1.29 is 22.6 Å². The smallest absolute Gasteiger partial charge is 0.379 e. The van der Waals surface area contributed by atoms with Crippen molar-refractivity contribution in [1.82, 2.24) is 0 Å². The Bertz CT molecular complexity index is 133. The Labute approximate surface area is 82.4 Å². The van der Waals surface area contributed by atoms with Crippen LogP contribution in [0, 0.1) is 13.8 Å². The number of ether oxygens (including phenoxy) is 2. The Morgan fingerprint density at radius 3 is 2.14 bits per heavy atom. The first-order valence-corrected chi connectivity index (χ1v) is 4.34. The van der Waals surface area contributed by atoms with Crippen LogP contribution < -0.4 is 0 Å². The molecular formula is C9H15F3O2. The van der Waals surface area contributed by atoms with Gasteiger partial charge in [0.15, 0.2) is 0 Å². The van der Waals surface area contributed by atoms with E-state index in [-0.39, 0.29) is 0 Å². The minimum atomic E-state index is -4.07. The number of rotatable bonds is 4. The molecule has 0 aromatic carbocycles. The van der Waals surface area contributed by atoms with Crippen molar-refractivity contribution in [3.8, 4) is 0 Å². The van der Waals surface area contributed by atoms with Gasteiger partial charge in [-0.25, -0.2) is 0 Å². The molecular weight excluding hydrogens is 197 g/mol. The molecule has 1 unspecified atom stereocenters. The van der Waals surface area contributed by atoms with Crippen molar-refractivity contribution in [2.45, 2.75) is 25.1 Å². The van der Waals surface area contributed by atoms with Gasteiger partial charge in [0.05, 0.1) is 13.2 Å². The second kappa shape index (κ2) is 7.06. The summed E-state index contributed by atoms with van der Waals surface area (Å²) >= 11 is 0. The van der Waals surface area contributed by atoms with Crippen molar-refractivity contribution >= 4 is 0 Å². The molecule has 1 rings (SSSR count). The summed E-state index contributed by atoms with van der Waals surface area (Å²) in [6.07, 6.45) is -3.79. The molecule has 1 heterocycles. The zero-order valence-corrected chi connectivity index (χ0v) is 7.98. The third-order valence-electron chi connectivity index (χ3n) is 1.28. The van der Waals surface area contributed by atoms with Gasteiger partial charge < -0.3 is 9.47 Å². The Balaban J connectivity index is 0.000000255. The molecule has 2 nitrogen and oxygen atoms in total. The van der Waals surface area contributed by atoms with E-state index in [0.717, 1.165) is 26.2 Å². The van der Waals surface area contributed by atoms with E-state index in [0.29, 0.717) is 6.10 Å². The largest absolute Gasteiger partial charge is 0.389 e. The Hall–Kier alpha value is -0.290. The Morgan fingerprint density at radius 2 is 1.86 bits per heavy atom. The third-order valence-corrected chi connectivity index (χ3v) is 1.28. The highest BCUT2D eigenvalue weighted by atomic mass is 19.4. The van der Waals surface area contributed by atoms with Gasteiger partial charge in [-0.15, -0.1) is 0 Å². The minimum absolute atomic E-state index is 0.404. The molecule has 0 aliphatic carbocycles. The molecule has 0 saturated carbocycles. The Kier molecular flexibility index (Phi) is 6.92.